The predicted molar refractivity (Wildman–Crippen MR) is 85.3 cm³/mol. The zero-order valence-corrected chi connectivity index (χ0v) is 13.3. The van der Waals surface area contributed by atoms with Crippen molar-refractivity contribution in [2.75, 3.05) is 11.1 Å². The van der Waals surface area contributed by atoms with Crippen LogP contribution in [0.4, 0.5) is 5.69 Å². The highest BCUT2D eigenvalue weighted by molar-refractivity contribution is 7.91. The third-order valence-electron chi connectivity index (χ3n) is 3.09. The van der Waals surface area contributed by atoms with E-state index in [9.17, 15) is 8.42 Å². The highest BCUT2D eigenvalue weighted by Crippen LogP contribution is 2.18. The average molecular weight is 309 g/mol. The monoisotopic (exact) mass is 309 g/mol. The van der Waals surface area contributed by atoms with Crippen LogP contribution in [0.15, 0.2) is 46.7 Å². The van der Waals surface area contributed by atoms with E-state index in [1.54, 1.807) is 30.4 Å². The molecule has 0 fully saturated rings. The maximum atomic E-state index is 11.7. The Morgan fingerprint density at radius 3 is 2.45 bits per heavy atom. The van der Waals surface area contributed by atoms with Gasteiger partial charge in [0.2, 0.25) is 0 Å². The van der Waals surface area contributed by atoms with E-state index in [0.717, 1.165) is 12.1 Å². The lowest BCUT2D eigenvalue weighted by molar-refractivity contribution is 0.597. The van der Waals surface area contributed by atoms with Gasteiger partial charge in [0, 0.05) is 23.0 Å². The standard InChI is InChI=1S/C15H19NO2S2/c1-3-20(17,18)15-8-6-13(7-9-15)16-12(2)11-14-5-4-10-19-14/h4-10,12,16H,3,11H2,1-2H3. The van der Waals surface area contributed by atoms with E-state index in [0.29, 0.717) is 10.9 Å². The average Bonchev–Trinajstić information content (AvgIpc) is 2.92. The van der Waals surface area contributed by atoms with Crippen LogP contribution in [0.1, 0.15) is 18.7 Å². The number of thiophene rings is 1. The first-order chi connectivity index (χ1) is 9.51. The van der Waals surface area contributed by atoms with Crippen molar-refractivity contribution in [2.24, 2.45) is 0 Å². The zero-order chi connectivity index (χ0) is 14.6. The Morgan fingerprint density at radius 2 is 1.90 bits per heavy atom. The highest BCUT2D eigenvalue weighted by Gasteiger charge is 2.11. The Labute approximate surface area is 124 Å². The molecule has 5 heteroatoms. The molecule has 1 aromatic heterocycles. The van der Waals surface area contributed by atoms with E-state index in [1.807, 2.05) is 12.1 Å². The second kappa shape index (κ2) is 6.41. The molecule has 0 aliphatic heterocycles. The van der Waals surface area contributed by atoms with Gasteiger partial charge in [0.25, 0.3) is 0 Å². The minimum absolute atomic E-state index is 0.133. The van der Waals surface area contributed by atoms with Crippen molar-refractivity contribution in [3.05, 3.63) is 46.7 Å². The van der Waals surface area contributed by atoms with Gasteiger partial charge in [0.1, 0.15) is 0 Å². The lowest BCUT2D eigenvalue weighted by Gasteiger charge is -2.14. The zero-order valence-electron chi connectivity index (χ0n) is 11.7. The van der Waals surface area contributed by atoms with Crippen LogP contribution >= 0.6 is 11.3 Å². The molecule has 0 aliphatic rings. The number of sulfone groups is 1. The van der Waals surface area contributed by atoms with Crippen LogP contribution in [0.3, 0.4) is 0 Å². The Hall–Kier alpha value is -1.33. The predicted octanol–water partition coefficient (Wildman–Crippen LogP) is 3.58. The van der Waals surface area contributed by atoms with Gasteiger partial charge in [-0.25, -0.2) is 8.42 Å². The normalized spacial score (nSPS) is 13.1. The molecule has 1 aromatic carbocycles. The first kappa shape index (κ1) is 15.1. The van der Waals surface area contributed by atoms with Crippen molar-refractivity contribution in [3.63, 3.8) is 0 Å². The molecule has 1 atom stereocenters. The first-order valence-corrected chi connectivity index (χ1v) is 9.16. The van der Waals surface area contributed by atoms with E-state index in [2.05, 4.69) is 29.8 Å². The summed E-state index contributed by atoms with van der Waals surface area (Å²) >= 11 is 1.75. The van der Waals surface area contributed by atoms with Gasteiger partial charge in [-0.3, -0.25) is 0 Å². The molecule has 2 rings (SSSR count). The lowest BCUT2D eigenvalue weighted by atomic mass is 10.2. The second-order valence-corrected chi connectivity index (χ2v) is 8.07. The summed E-state index contributed by atoms with van der Waals surface area (Å²) < 4.78 is 23.5. The molecule has 0 saturated heterocycles. The number of benzene rings is 1. The van der Waals surface area contributed by atoms with Gasteiger partial charge in [-0.2, -0.15) is 0 Å². The van der Waals surface area contributed by atoms with E-state index >= 15 is 0 Å². The highest BCUT2D eigenvalue weighted by atomic mass is 32.2. The second-order valence-electron chi connectivity index (χ2n) is 4.76. The van der Waals surface area contributed by atoms with Crippen molar-refractivity contribution >= 4 is 26.9 Å². The smallest absolute Gasteiger partial charge is 0.178 e. The van der Waals surface area contributed by atoms with Crippen LogP contribution < -0.4 is 5.32 Å². The molecule has 0 saturated carbocycles. The van der Waals surface area contributed by atoms with Gasteiger partial charge in [0.05, 0.1) is 10.6 Å². The van der Waals surface area contributed by atoms with Crippen LogP contribution in [0.2, 0.25) is 0 Å². The molecule has 2 aromatic rings. The van der Waals surface area contributed by atoms with E-state index in [1.165, 1.54) is 4.88 Å². The fourth-order valence-corrected chi connectivity index (χ4v) is 3.71. The summed E-state index contributed by atoms with van der Waals surface area (Å²) in [6.07, 6.45) is 0.965. The van der Waals surface area contributed by atoms with Crippen molar-refractivity contribution in [1.82, 2.24) is 0 Å². The van der Waals surface area contributed by atoms with Gasteiger partial charge in [-0.15, -0.1) is 11.3 Å². The first-order valence-electron chi connectivity index (χ1n) is 6.63. The van der Waals surface area contributed by atoms with Gasteiger partial charge in [-0.05, 0) is 42.6 Å². The third kappa shape index (κ3) is 3.84. The summed E-state index contributed by atoms with van der Waals surface area (Å²) in [4.78, 5) is 1.73. The van der Waals surface area contributed by atoms with Crippen LogP contribution in [-0.2, 0) is 16.3 Å². The van der Waals surface area contributed by atoms with Crippen molar-refractivity contribution in [2.45, 2.75) is 31.2 Å². The van der Waals surface area contributed by atoms with E-state index in [-0.39, 0.29) is 5.75 Å². The molecule has 20 heavy (non-hydrogen) atoms. The van der Waals surface area contributed by atoms with Gasteiger partial charge in [0.15, 0.2) is 9.84 Å². The van der Waals surface area contributed by atoms with Crippen molar-refractivity contribution in [3.8, 4) is 0 Å². The fourth-order valence-electron chi connectivity index (χ4n) is 1.99. The minimum atomic E-state index is -3.11. The number of nitrogens with one attached hydrogen (secondary N) is 1. The summed E-state index contributed by atoms with van der Waals surface area (Å²) in [6, 6.07) is 11.5. The van der Waals surface area contributed by atoms with Gasteiger partial charge >= 0.3 is 0 Å². The summed E-state index contributed by atoms with van der Waals surface area (Å²) in [7, 11) is -3.11. The SMILES string of the molecule is CCS(=O)(=O)c1ccc(NC(C)Cc2cccs2)cc1. The lowest BCUT2D eigenvalue weighted by Crippen LogP contribution is -2.17. The summed E-state index contributed by atoms with van der Waals surface area (Å²) in [5, 5.41) is 5.46. The van der Waals surface area contributed by atoms with E-state index in [4.69, 9.17) is 0 Å². The Kier molecular flexibility index (Phi) is 4.83. The molecule has 0 amide bonds. The summed E-state index contributed by atoms with van der Waals surface area (Å²) in [5.74, 6) is 0.133. The number of anilines is 1. The van der Waals surface area contributed by atoms with Crippen LogP contribution in [-0.4, -0.2) is 20.2 Å². The van der Waals surface area contributed by atoms with Crippen molar-refractivity contribution in [1.29, 1.82) is 0 Å². The third-order valence-corrected chi connectivity index (χ3v) is 5.74. The van der Waals surface area contributed by atoms with Crippen LogP contribution in [0.5, 0.6) is 0 Å². The Morgan fingerprint density at radius 1 is 1.20 bits per heavy atom. The van der Waals surface area contributed by atoms with Crippen LogP contribution in [0, 0.1) is 0 Å². The topological polar surface area (TPSA) is 46.2 Å². The maximum Gasteiger partial charge on any atom is 0.178 e. The minimum Gasteiger partial charge on any atom is -0.382 e. The maximum absolute atomic E-state index is 11.7. The Bertz CT molecular complexity index is 631. The largest absolute Gasteiger partial charge is 0.382 e. The molecule has 1 unspecified atom stereocenters. The molecule has 1 N–H and O–H groups in total. The number of hydrogen-bond acceptors (Lipinski definition) is 4. The molecule has 0 bridgehead atoms. The van der Waals surface area contributed by atoms with Gasteiger partial charge in [-0.1, -0.05) is 13.0 Å². The molecule has 0 aliphatic carbocycles. The molecular weight excluding hydrogens is 290 g/mol. The Balaban J connectivity index is 2.00. The van der Waals surface area contributed by atoms with Gasteiger partial charge < -0.3 is 5.32 Å². The molecule has 0 spiro atoms. The fraction of sp³-hybridized carbons (Fsp3) is 0.333. The molecule has 108 valence electrons. The molecule has 3 nitrogen and oxygen atoms in total. The summed E-state index contributed by atoms with van der Waals surface area (Å²) in [6.45, 7) is 3.78. The summed E-state index contributed by atoms with van der Waals surface area (Å²) in [5.41, 5.74) is 0.948. The number of hydrogen-bond donors (Lipinski definition) is 1. The quantitative estimate of drug-likeness (QED) is 0.887. The number of rotatable bonds is 6. The van der Waals surface area contributed by atoms with Crippen molar-refractivity contribution < 1.29 is 8.42 Å². The van der Waals surface area contributed by atoms with Crippen LogP contribution in [0.25, 0.3) is 0 Å². The molecular formula is C15H19NO2S2. The molecule has 1 heterocycles. The van der Waals surface area contributed by atoms with E-state index < -0.39 is 9.84 Å². The molecule has 0 radical (unpaired) electrons.